The van der Waals surface area contributed by atoms with Crippen LogP contribution in [0.1, 0.15) is 22.3 Å². The number of anilines is 1. The molecule has 0 spiro atoms. The molecule has 3 aliphatic carbocycles. The van der Waals surface area contributed by atoms with E-state index >= 15 is 0 Å². The number of hydrogen-bond acceptors (Lipinski definition) is 2. The third-order valence-corrected chi connectivity index (χ3v) is 7.95. The first kappa shape index (κ1) is 18.1. The Balaban J connectivity index is 1.66. The van der Waals surface area contributed by atoms with Gasteiger partial charge in [0.2, 0.25) is 11.8 Å². The molecular weight excluding hydrogens is 424 g/mol. The van der Waals surface area contributed by atoms with Gasteiger partial charge in [-0.1, -0.05) is 48.5 Å². The van der Waals surface area contributed by atoms with Gasteiger partial charge in [-0.05, 0) is 46.5 Å². The van der Waals surface area contributed by atoms with Crippen molar-refractivity contribution in [2.24, 2.45) is 11.8 Å². The summed E-state index contributed by atoms with van der Waals surface area (Å²) in [5, 5.41) is 0. The highest BCUT2D eigenvalue weighted by atomic mass is 35.5. The second-order valence-electron chi connectivity index (χ2n) is 7.96. The Bertz CT molecular complexity index is 1130. The van der Waals surface area contributed by atoms with E-state index in [1.54, 1.807) is 0 Å². The Labute approximate surface area is 182 Å². The molecule has 148 valence electrons. The Morgan fingerprint density at radius 3 is 1.40 bits per heavy atom. The first-order chi connectivity index (χ1) is 14.4. The van der Waals surface area contributed by atoms with Crippen LogP contribution in [-0.2, 0) is 19.3 Å². The number of halogens is 3. The maximum absolute atomic E-state index is 13.7. The lowest BCUT2D eigenvalue weighted by molar-refractivity contribution is -0.122. The van der Waals surface area contributed by atoms with Crippen LogP contribution in [0.5, 0.6) is 0 Å². The molecule has 0 N–H and O–H groups in total. The smallest absolute Gasteiger partial charge is 0.240 e. The number of hydrogen-bond donors (Lipinski definition) is 0. The fourth-order valence-electron chi connectivity index (χ4n) is 5.51. The second-order valence-corrected chi connectivity index (χ2v) is 9.15. The summed E-state index contributed by atoms with van der Waals surface area (Å²) in [7, 11) is 0. The summed E-state index contributed by atoms with van der Waals surface area (Å²) >= 11 is 14.7. The van der Waals surface area contributed by atoms with Crippen molar-refractivity contribution in [3.8, 4) is 0 Å². The van der Waals surface area contributed by atoms with Gasteiger partial charge in [-0.25, -0.2) is 9.29 Å². The Kier molecular flexibility index (Phi) is 3.45. The fourth-order valence-corrected chi connectivity index (χ4v) is 6.61. The molecule has 6 heteroatoms. The van der Waals surface area contributed by atoms with Gasteiger partial charge in [-0.15, -0.1) is 23.2 Å². The van der Waals surface area contributed by atoms with Gasteiger partial charge in [0, 0.05) is 0 Å². The van der Waals surface area contributed by atoms with Gasteiger partial charge in [-0.3, -0.25) is 9.59 Å². The van der Waals surface area contributed by atoms with E-state index < -0.39 is 39.2 Å². The Morgan fingerprint density at radius 2 is 1.03 bits per heavy atom. The zero-order valence-electron chi connectivity index (χ0n) is 15.5. The largest absolute Gasteiger partial charge is 0.274 e. The molecule has 1 aliphatic heterocycles. The molecule has 0 saturated carbocycles. The minimum atomic E-state index is -1.21. The number of imide groups is 1. The lowest BCUT2D eigenvalue weighted by atomic mass is 9.54. The van der Waals surface area contributed by atoms with Crippen molar-refractivity contribution in [3.63, 3.8) is 0 Å². The lowest BCUT2D eigenvalue weighted by Crippen LogP contribution is -2.57. The van der Waals surface area contributed by atoms with E-state index in [0.29, 0.717) is 5.69 Å². The van der Waals surface area contributed by atoms with E-state index in [9.17, 15) is 14.0 Å². The Hall–Kier alpha value is -2.69. The molecule has 2 amide bonds. The van der Waals surface area contributed by atoms with Crippen LogP contribution in [0.3, 0.4) is 0 Å². The molecule has 4 aliphatic rings. The molecule has 1 fully saturated rings. The number of benzene rings is 3. The molecule has 3 aromatic rings. The number of amides is 2. The molecule has 0 unspecified atom stereocenters. The van der Waals surface area contributed by atoms with Crippen molar-refractivity contribution in [2.75, 3.05) is 4.90 Å². The van der Waals surface area contributed by atoms with Crippen molar-refractivity contribution in [2.45, 2.75) is 9.75 Å². The minimum Gasteiger partial charge on any atom is -0.274 e. The van der Waals surface area contributed by atoms with Crippen molar-refractivity contribution in [1.29, 1.82) is 0 Å². The molecule has 0 radical (unpaired) electrons. The van der Waals surface area contributed by atoms with Crippen LogP contribution < -0.4 is 4.90 Å². The fraction of sp³-hybridized carbons (Fsp3) is 0.167. The number of rotatable bonds is 1. The zero-order chi connectivity index (χ0) is 20.8. The summed E-state index contributed by atoms with van der Waals surface area (Å²) in [5.41, 5.74) is 3.33. The van der Waals surface area contributed by atoms with E-state index in [2.05, 4.69) is 0 Å². The topological polar surface area (TPSA) is 37.4 Å². The van der Waals surface area contributed by atoms with Crippen molar-refractivity contribution in [3.05, 3.63) is 101 Å². The summed E-state index contributed by atoms with van der Waals surface area (Å²) in [5.74, 6) is -3.00. The molecular formula is C24H14Cl2FNO2. The monoisotopic (exact) mass is 437 g/mol. The molecule has 3 aromatic carbocycles. The van der Waals surface area contributed by atoms with Gasteiger partial charge >= 0.3 is 0 Å². The van der Waals surface area contributed by atoms with Crippen molar-refractivity contribution < 1.29 is 14.0 Å². The number of alkyl halides is 2. The molecule has 0 aromatic heterocycles. The third kappa shape index (κ3) is 1.88. The number of carbonyl (C=O) groups is 2. The van der Waals surface area contributed by atoms with Crippen LogP contribution in [0.2, 0.25) is 0 Å². The molecule has 2 atom stereocenters. The van der Waals surface area contributed by atoms with Crippen molar-refractivity contribution in [1.82, 2.24) is 0 Å². The van der Waals surface area contributed by atoms with Crippen LogP contribution >= 0.6 is 23.2 Å². The highest BCUT2D eigenvalue weighted by molar-refractivity contribution is 6.38. The maximum Gasteiger partial charge on any atom is 0.240 e. The first-order valence-corrected chi connectivity index (χ1v) is 10.4. The van der Waals surface area contributed by atoms with E-state index in [0.717, 1.165) is 27.2 Å². The van der Waals surface area contributed by atoms with E-state index in [1.807, 2.05) is 48.5 Å². The van der Waals surface area contributed by atoms with E-state index in [1.165, 1.54) is 24.3 Å². The van der Waals surface area contributed by atoms with Gasteiger partial charge < -0.3 is 0 Å². The summed E-state index contributed by atoms with van der Waals surface area (Å²) in [4.78, 5) is 26.0. The van der Waals surface area contributed by atoms with Gasteiger partial charge in [0.25, 0.3) is 0 Å². The summed E-state index contributed by atoms with van der Waals surface area (Å²) < 4.78 is 13.4. The molecule has 1 saturated heterocycles. The highest BCUT2D eigenvalue weighted by Crippen LogP contribution is 2.69. The minimum absolute atomic E-state index is 0.314. The van der Waals surface area contributed by atoms with Crippen LogP contribution in [0, 0.1) is 17.7 Å². The SMILES string of the molecule is O=C1[C@H]2[C@H](C(=O)N1c1ccc(F)cc1)C1(Cl)c3ccccc3C2(Cl)c2ccccc21. The highest BCUT2D eigenvalue weighted by Gasteiger charge is 2.73. The number of nitrogens with zero attached hydrogens (tertiary/aromatic N) is 1. The third-order valence-electron chi connectivity index (χ3n) is 6.67. The predicted molar refractivity (Wildman–Crippen MR) is 112 cm³/mol. The van der Waals surface area contributed by atoms with Crippen LogP contribution in [0.15, 0.2) is 72.8 Å². The van der Waals surface area contributed by atoms with Gasteiger partial charge in [0.1, 0.15) is 15.6 Å². The Morgan fingerprint density at radius 1 is 0.667 bits per heavy atom. The van der Waals surface area contributed by atoms with E-state index in [-0.39, 0.29) is 0 Å². The van der Waals surface area contributed by atoms with Crippen LogP contribution in [0.4, 0.5) is 10.1 Å². The molecule has 1 heterocycles. The average molecular weight is 438 g/mol. The predicted octanol–water partition coefficient (Wildman–Crippen LogP) is 4.92. The van der Waals surface area contributed by atoms with Gasteiger partial charge in [0.05, 0.1) is 17.5 Å². The summed E-state index contributed by atoms with van der Waals surface area (Å²) in [6.07, 6.45) is 0. The average Bonchev–Trinajstić information content (AvgIpc) is 3.04. The first-order valence-electron chi connectivity index (χ1n) is 9.61. The number of carbonyl (C=O) groups excluding carboxylic acids is 2. The van der Waals surface area contributed by atoms with Crippen LogP contribution in [0.25, 0.3) is 0 Å². The molecule has 7 rings (SSSR count). The van der Waals surface area contributed by atoms with Crippen molar-refractivity contribution >= 4 is 40.7 Å². The zero-order valence-corrected chi connectivity index (χ0v) is 17.0. The molecule has 30 heavy (non-hydrogen) atoms. The van der Waals surface area contributed by atoms with Gasteiger partial charge in [0.15, 0.2) is 0 Å². The normalized spacial score (nSPS) is 30.8. The summed E-state index contributed by atoms with van der Waals surface area (Å²) in [6, 6.07) is 20.3. The quantitative estimate of drug-likeness (QED) is 0.400. The molecule has 3 nitrogen and oxygen atoms in total. The standard InChI is InChI=1S/C24H14Cl2FNO2/c25-23-15-5-1-2-6-16(15)24(26,18-8-4-3-7-17(18)23)20-19(23)21(29)28(22(20)30)14-11-9-13(27)10-12-14/h1-12,19-20H/t19-,20-,23?,24?/m1/s1. The van der Waals surface area contributed by atoms with E-state index in [4.69, 9.17) is 23.2 Å². The lowest BCUT2D eigenvalue weighted by Gasteiger charge is -2.54. The molecule has 2 bridgehead atoms. The summed E-state index contributed by atoms with van der Waals surface area (Å²) in [6.45, 7) is 0. The van der Waals surface area contributed by atoms with Gasteiger partial charge in [-0.2, -0.15) is 0 Å². The van der Waals surface area contributed by atoms with Crippen LogP contribution in [-0.4, -0.2) is 11.8 Å². The maximum atomic E-state index is 13.7. The second kappa shape index (κ2) is 5.71.